The molecule has 14 heteroatoms. The number of carboxylic acids is 2. The van der Waals surface area contributed by atoms with Crippen LogP contribution in [0.25, 0.3) is 0 Å². The number of hydrogen-bond acceptors (Lipinski definition) is 8. The third-order valence-corrected chi connectivity index (χ3v) is 5.17. The van der Waals surface area contributed by atoms with E-state index >= 15 is 0 Å². The molecule has 1 aromatic rings. The van der Waals surface area contributed by atoms with E-state index in [-0.39, 0.29) is 17.5 Å². The number of nitrogens with two attached hydrogens (primary N) is 2. The fourth-order valence-electron chi connectivity index (χ4n) is 3.13. The molecular formula is C23H35FN6O7. The highest BCUT2D eigenvalue weighted by Crippen LogP contribution is 2.14. The monoisotopic (exact) mass is 526 g/mol. The van der Waals surface area contributed by atoms with Crippen LogP contribution in [-0.2, 0) is 9.59 Å². The molecule has 1 unspecified atom stereocenters. The molecule has 9 N–H and O–H groups in total. The molecule has 37 heavy (non-hydrogen) atoms. The minimum atomic E-state index is -1.67. The molecule has 1 aromatic carbocycles. The molecular weight excluding hydrogens is 491 g/mol. The molecule has 0 aliphatic rings. The van der Waals surface area contributed by atoms with Gasteiger partial charge in [0.15, 0.2) is 6.04 Å². The molecule has 0 aliphatic heterocycles. The van der Waals surface area contributed by atoms with E-state index in [0.717, 1.165) is 0 Å². The van der Waals surface area contributed by atoms with Crippen LogP contribution in [0.4, 0.5) is 14.9 Å². The van der Waals surface area contributed by atoms with Crippen molar-refractivity contribution in [3.05, 3.63) is 41.7 Å². The van der Waals surface area contributed by atoms with Crippen LogP contribution in [0.5, 0.6) is 0 Å². The van der Waals surface area contributed by atoms with Gasteiger partial charge in [0.1, 0.15) is 0 Å². The Morgan fingerprint density at radius 1 is 0.973 bits per heavy atom. The third-order valence-electron chi connectivity index (χ3n) is 5.17. The van der Waals surface area contributed by atoms with Crippen LogP contribution in [0.2, 0.25) is 0 Å². The highest BCUT2D eigenvalue weighted by molar-refractivity contribution is 5.94. The smallest absolute Gasteiger partial charge is 0.341 e. The van der Waals surface area contributed by atoms with E-state index in [0.29, 0.717) is 55.6 Å². The summed E-state index contributed by atoms with van der Waals surface area (Å²) in [4.78, 5) is 45.9. The van der Waals surface area contributed by atoms with Crippen LogP contribution in [-0.4, -0.2) is 70.2 Å². The van der Waals surface area contributed by atoms with E-state index in [9.17, 15) is 28.8 Å². The molecule has 0 saturated carbocycles. The van der Waals surface area contributed by atoms with Crippen molar-refractivity contribution in [2.75, 3.05) is 24.8 Å². The Morgan fingerprint density at radius 3 is 2.16 bits per heavy atom. The fourth-order valence-corrected chi connectivity index (χ4v) is 3.13. The van der Waals surface area contributed by atoms with Crippen molar-refractivity contribution in [3.63, 3.8) is 0 Å². The number of urea groups is 1. The number of hydrogen-bond donors (Lipinski definition) is 7. The molecule has 0 heterocycles. The molecule has 1 atom stereocenters. The summed E-state index contributed by atoms with van der Waals surface area (Å²) in [7, 11) is 0. The number of halogens is 1. The number of hydrazine groups is 1. The standard InChI is InChI=1S/C23H35FN6O7/c24-12-4-5-17(25)15-29(26)18-8-6-16(7-9-18)21(33)27-13-2-1-3-14-28-23(36)30(37)19(22(34)35)10-11-20(31)32/h6-9,15,19,37H,1-5,10-14,25-26H2,(H,27,33)(H,28,36)(H,31,32)(H,34,35)/b17-15-. The van der Waals surface area contributed by atoms with Gasteiger partial charge in [-0.1, -0.05) is 0 Å². The Hall–Kier alpha value is -3.91. The van der Waals surface area contributed by atoms with Crippen molar-refractivity contribution >= 4 is 29.6 Å². The third kappa shape index (κ3) is 12.1. The van der Waals surface area contributed by atoms with Crippen LogP contribution in [0, 0.1) is 0 Å². The second-order valence-corrected chi connectivity index (χ2v) is 8.13. The fraction of sp³-hybridized carbons (Fsp3) is 0.478. The average Bonchev–Trinajstić information content (AvgIpc) is 2.86. The number of allylic oxidation sites excluding steroid dienone is 1. The zero-order valence-electron chi connectivity index (χ0n) is 20.4. The van der Waals surface area contributed by atoms with Crippen LogP contribution in [0.1, 0.15) is 55.3 Å². The first kappa shape index (κ1) is 31.1. The highest BCUT2D eigenvalue weighted by atomic mass is 19.1. The maximum Gasteiger partial charge on any atom is 0.341 e. The summed E-state index contributed by atoms with van der Waals surface area (Å²) in [5.74, 6) is 2.87. The zero-order valence-corrected chi connectivity index (χ0v) is 20.4. The van der Waals surface area contributed by atoms with E-state index in [1.54, 1.807) is 24.3 Å². The number of unbranched alkanes of at least 4 members (excludes halogenated alkanes) is 2. The van der Waals surface area contributed by atoms with Crippen molar-refractivity contribution in [1.29, 1.82) is 0 Å². The number of carbonyl (C=O) groups is 4. The predicted octanol–water partition coefficient (Wildman–Crippen LogP) is 1.54. The Kier molecular flexibility index (Phi) is 14.1. The number of rotatable bonds is 17. The predicted molar refractivity (Wildman–Crippen MR) is 132 cm³/mol. The van der Waals surface area contributed by atoms with Crippen molar-refractivity contribution < 1.29 is 39.0 Å². The van der Waals surface area contributed by atoms with Crippen molar-refractivity contribution in [2.24, 2.45) is 11.6 Å². The molecule has 13 nitrogen and oxygen atoms in total. The van der Waals surface area contributed by atoms with Crippen molar-refractivity contribution in [1.82, 2.24) is 15.7 Å². The van der Waals surface area contributed by atoms with Gasteiger partial charge in [0.05, 0.1) is 12.4 Å². The summed E-state index contributed by atoms with van der Waals surface area (Å²) in [5, 5.41) is 33.9. The number of anilines is 1. The van der Waals surface area contributed by atoms with Gasteiger partial charge in [-0.25, -0.2) is 15.4 Å². The van der Waals surface area contributed by atoms with Gasteiger partial charge in [0.25, 0.3) is 5.91 Å². The number of nitrogens with zero attached hydrogens (tertiary/aromatic N) is 2. The first-order chi connectivity index (χ1) is 17.6. The molecule has 0 radical (unpaired) electrons. The lowest BCUT2D eigenvalue weighted by Crippen LogP contribution is -2.48. The van der Waals surface area contributed by atoms with E-state index in [2.05, 4.69) is 10.6 Å². The molecule has 1 rings (SSSR count). The average molecular weight is 527 g/mol. The number of carboxylic acid groups (broad SMARTS) is 2. The summed E-state index contributed by atoms with van der Waals surface area (Å²) in [6.07, 6.45) is 2.99. The van der Waals surface area contributed by atoms with Gasteiger partial charge in [-0.2, -0.15) is 5.06 Å². The minimum absolute atomic E-state index is 0.0152. The largest absolute Gasteiger partial charge is 0.481 e. The van der Waals surface area contributed by atoms with E-state index in [1.165, 1.54) is 11.2 Å². The number of amides is 3. The molecule has 3 amide bonds. The summed E-state index contributed by atoms with van der Waals surface area (Å²) < 4.78 is 12.2. The normalized spacial score (nSPS) is 11.9. The van der Waals surface area contributed by atoms with Gasteiger partial charge >= 0.3 is 18.0 Å². The van der Waals surface area contributed by atoms with Gasteiger partial charge in [-0.05, 0) is 62.8 Å². The Labute approximate surface area is 213 Å². The number of hydroxylamine groups is 2. The second-order valence-electron chi connectivity index (χ2n) is 8.13. The van der Waals surface area contributed by atoms with Gasteiger partial charge in [0.2, 0.25) is 0 Å². The maximum absolute atomic E-state index is 12.3. The second kappa shape index (κ2) is 16.7. The number of carbonyl (C=O) groups excluding carboxylic acids is 2. The molecule has 0 saturated heterocycles. The molecule has 0 bridgehead atoms. The lowest BCUT2D eigenvalue weighted by Gasteiger charge is -2.22. The molecule has 206 valence electrons. The van der Waals surface area contributed by atoms with Crippen LogP contribution >= 0.6 is 0 Å². The van der Waals surface area contributed by atoms with E-state index in [1.807, 2.05) is 0 Å². The lowest BCUT2D eigenvalue weighted by atomic mass is 10.1. The van der Waals surface area contributed by atoms with Gasteiger partial charge in [-0.15, -0.1) is 0 Å². The summed E-state index contributed by atoms with van der Waals surface area (Å²) in [6.45, 7) is 0.0706. The summed E-state index contributed by atoms with van der Waals surface area (Å²) in [6, 6.07) is 3.80. The van der Waals surface area contributed by atoms with Crippen LogP contribution in [0.3, 0.4) is 0 Å². The Bertz CT molecular complexity index is 929. The van der Waals surface area contributed by atoms with E-state index < -0.39 is 43.5 Å². The van der Waals surface area contributed by atoms with Gasteiger partial charge < -0.3 is 26.6 Å². The Morgan fingerprint density at radius 2 is 1.59 bits per heavy atom. The van der Waals surface area contributed by atoms with Crippen LogP contribution in [0.15, 0.2) is 36.2 Å². The number of aliphatic carboxylic acids is 2. The molecule has 0 spiro atoms. The van der Waals surface area contributed by atoms with Gasteiger partial charge in [-0.3, -0.25) is 24.2 Å². The topological polar surface area (TPSA) is 212 Å². The zero-order chi connectivity index (χ0) is 27.8. The van der Waals surface area contributed by atoms with Gasteiger partial charge in [0, 0.05) is 37.0 Å². The molecule has 0 aliphatic carbocycles. The highest BCUT2D eigenvalue weighted by Gasteiger charge is 2.29. The molecule has 0 fully saturated rings. The number of nitrogens with one attached hydrogen (secondary N) is 2. The lowest BCUT2D eigenvalue weighted by molar-refractivity contribution is -0.158. The quantitative estimate of drug-likeness (QED) is 0.0673. The number of alkyl halides is 1. The first-order valence-electron chi connectivity index (χ1n) is 11.7. The van der Waals surface area contributed by atoms with Crippen LogP contribution < -0.4 is 27.2 Å². The van der Waals surface area contributed by atoms with E-state index in [4.69, 9.17) is 21.8 Å². The van der Waals surface area contributed by atoms with Crippen molar-refractivity contribution in [3.8, 4) is 0 Å². The Balaban J connectivity index is 2.33. The maximum atomic E-state index is 12.3. The summed E-state index contributed by atoms with van der Waals surface area (Å²) in [5.41, 5.74) is 7.25. The SMILES string of the molecule is N/C(=C\N(N)c1ccc(C(=O)NCCCCCNC(=O)N(O)C(CCC(=O)O)C(=O)O)cc1)CCCF. The molecule has 0 aromatic heterocycles. The number of benzene rings is 1. The minimum Gasteiger partial charge on any atom is -0.481 e. The first-order valence-corrected chi connectivity index (χ1v) is 11.7. The van der Waals surface area contributed by atoms with Crippen molar-refractivity contribution in [2.45, 2.75) is 51.0 Å². The summed E-state index contributed by atoms with van der Waals surface area (Å²) >= 11 is 0.